The van der Waals surface area contributed by atoms with Crippen LogP contribution in [0.1, 0.15) is 51.2 Å². The summed E-state index contributed by atoms with van der Waals surface area (Å²) in [4.78, 5) is 56.6. The van der Waals surface area contributed by atoms with Crippen LogP contribution in [0.15, 0.2) is 101 Å². The fourth-order valence-corrected chi connectivity index (χ4v) is 5.55. The number of amides is 3. The van der Waals surface area contributed by atoms with Gasteiger partial charge in [-0.05, 0) is 48.6 Å². The number of ketones is 1. The molecule has 1 aromatic heterocycles. The van der Waals surface area contributed by atoms with E-state index in [0.717, 1.165) is 23.1 Å². The first-order valence-corrected chi connectivity index (χ1v) is 15.2. The maximum Gasteiger partial charge on any atom is 0.330 e. The summed E-state index contributed by atoms with van der Waals surface area (Å²) in [5, 5.41) is 3.10. The zero-order chi connectivity index (χ0) is 32.1. The quantitative estimate of drug-likeness (QED) is 0.473. The summed E-state index contributed by atoms with van der Waals surface area (Å²) in [6.07, 6.45) is 15.9. The van der Waals surface area contributed by atoms with Crippen molar-refractivity contribution < 1.29 is 14.4 Å². The van der Waals surface area contributed by atoms with Crippen LogP contribution in [0.3, 0.4) is 0 Å². The molecule has 3 heterocycles. The third-order valence-electron chi connectivity index (χ3n) is 8.34. The zero-order valence-corrected chi connectivity index (χ0v) is 26.1. The standard InChI is InChI=1S/C35H39N7O3/c1-5-22(2)31-30(43)16-10-14-25(13-9-15-28(39-31)24-11-7-6-8-12-24)33(44)38-27-18-17-23(3)29(19-27)42-21-26-20-37-34(36)40-32(26)41(4)35(42)45/h6-15,17,19-20,22,27,31H,5,16,18,21H2,1-4H3,(H,38,44)(H2,36,37,40)/b14-10+,15-9+,25-13+,39-28?/t22?,27?,31-/m1/s1. The molecule has 0 spiro atoms. The molecule has 10 nitrogen and oxygen atoms in total. The van der Waals surface area contributed by atoms with E-state index in [9.17, 15) is 14.4 Å². The van der Waals surface area contributed by atoms with E-state index in [2.05, 4.69) is 22.2 Å². The number of benzene rings is 1. The van der Waals surface area contributed by atoms with Crippen LogP contribution in [-0.2, 0) is 16.1 Å². The van der Waals surface area contributed by atoms with Gasteiger partial charge in [0.05, 0.1) is 18.3 Å². The van der Waals surface area contributed by atoms with Gasteiger partial charge >= 0.3 is 6.03 Å². The van der Waals surface area contributed by atoms with Crippen molar-refractivity contribution in [3.05, 3.63) is 107 Å². The van der Waals surface area contributed by atoms with Crippen LogP contribution in [0.2, 0.25) is 0 Å². The van der Waals surface area contributed by atoms with Crippen molar-refractivity contribution in [1.82, 2.24) is 20.2 Å². The van der Waals surface area contributed by atoms with Gasteiger partial charge in [-0.25, -0.2) is 9.78 Å². The van der Waals surface area contributed by atoms with Crippen LogP contribution in [0.25, 0.3) is 0 Å². The van der Waals surface area contributed by atoms with Gasteiger partial charge in [0.2, 0.25) is 5.95 Å². The summed E-state index contributed by atoms with van der Waals surface area (Å²) in [6.45, 7) is 6.33. The summed E-state index contributed by atoms with van der Waals surface area (Å²) in [7, 11) is 1.65. The largest absolute Gasteiger partial charge is 0.368 e. The molecule has 10 heteroatoms. The van der Waals surface area contributed by atoms with Gasteiger partial charge in [0.1, 0.15) is 11.9 Å². The van der Waals surface area contributed by atoms with E-state index in [1.807, 2.05) is 62.4 Å². The number of Topliss-reactive ketones (excluding diaryl/α,β-unsaturated/α-hetero) is 1. The molecule has 2 unspecified atom stereocenters. The van der Waals surface area contributed by atoms with E-state index in [1.54, 1.807) is 42.4 Å². The minimum absolute atomic E-state index is 0.00961. The first-order chi connectivity index (χ1) is 21.7. The average molecular weight is 606 g/mol. The average Bonchev–Trinajstić information content (AvgIpc) is 3.08. The fraction of sp³-hybridized carbons (Fsp3) is 0.314. The minimum atomic E-state index is -0.483. The van der Waals surface area contributed by atoms with Gasteiger partial charge in [-0.1, -0.05) is 74.9 Å². The Labute approximate surface area is 263 Å². The molecule has 45 heavy (non-hydrogen) atoms. The number of fused-ring (bicyclic) bond motifs is 1. The summed E-state index contributed by atoms with van der Waals surface area (Å²) >= 11 is 0. The molecule has 232 valence electrons. The van der Waals surface area contributed by atoms with Crippen molar-refractivity contribution in [3.63, 3.8) is 0 Å². The number of carbonyl (C=O) groups is 3. The van der Waals surface area contributed by atoms with Crippen molar-refractivity contribution in [2.75, 3.05) is 17.7 Å². The number of nitrogens with one attached hydrogen (secondary N) is 1. The van der Waals surface area contributed by atoms with E-state index < -0.39 is 6.04 Å². The van der Waals surface area contributed by atoms with Crippen LogP contribution in [-0.4, -0.2) is 57.4 Å². The number of aliphatic imine (C=N–C) groups is 1. The molecule has 0 fully saturated rings. The van der Waals surface area contributed by atoms with Gasteiger partial charge < -0.3 is 11.1 Å². The highest BCUT2D eigenvalue weighted by Gasteiger charge is 2.33. The van der Waals surface area contributed by atoms with Crippen molar-refractivity contribution in [2.24, 2.45) is 10.9 Å². The topological polar surface area (TPSA) is 134 Å². The Bertz CT molecular complexity index is 1670. The van der Waals surface area contributed by atoms with Crippen LogP contribution >= 0.6 is 0 Å². The number of rotatable bonds is 6. The van der Waals surface area contributed by atoms with Crippen molar-refractivity contribution in [3.8, 4) is 0 Å². The molecule has 0 radical (unpaired) electrons. The van der Waals surface area contributed by atoms with E-state index in [-0.39, 0.29) is 48.6 Å². The van der Waals surface area contributed by atoms with Gasteiger partial charge in [0.25, 0.3) is 5.91 Å². The number of carbonyl (C=O) groups excluding carboxylic acids is 3. The first-order valence-electron chi connectivity index (χ1n) is 15.2. The van der Waals surface area contributed by atoms with E-state index >= 15 is 0 Å². The third-order valence-corrected chi connectivity index (χ3v) is 8.34. The number of aromatic nitrogens is 2. The number of hydrogen-bond acceptors (Lipinski definition) is 7. The Morgan fingerprint density at radius 1 is 1.18 bits per heavy atom. The number of anilines is 2. The van der Waals surface area contributed by atoms with Gasteiger partial charge in [0, 0.05) is 36.5 Å². The maximum absolute atomic E-state index is 13.6. The highest BCUT2D eigenvalue weighted by atomic mass is 16.2. The minimum Gasteiger partial charge on any atom is -0.368 e. The molecule has 2 aromatic rings. The van der Waals surface area contributed by atoms with Crippen LogP contribution in [0.4, 0.5) is 16.6 Å². The second-order valence-electron chi connectivity index (χ2n) is 11.5. The van der Waals surface area contributed by atoms with Crippen molar-refractivity contribution in [1.29, 1.82) is 0 Å². The Balaban J connectivity index is 1.38. The fourth-order valence-electron chi connectivity index (χ4n) is 5.55. The van der Waals surface area contributed by atoms with Crippen molar-refractivity contribution >= 4 is 35.2 Å². The zero-order valence-electron chi connectivity index (χ0n) is 26.1. The molecule has 3 atom stereocenters. The molecule has 0 bridgehead atoms. The van der Waals surface area contributed by atoms with Gasteiger partial charge in [-0.15, -0.1) is 0 Å². The lowest BCUT2D eigenvalue weighted by Gasteiger charge is -2.37. The molecule has 1 aromatic carbocycles. The molecular weight excluding hydrogens is 566 g/mol. The molecule has 5 rings (SSSR count). The second kappa shape index (κ2) is 13.7. The van der Waals surface area contributed by atoms with Crippen LogP contribution in [0.5, 0.6) is 0 Å². The number of hydrogen-bond donors (Lipinski definition) is 2. The highest BCUT2D eigenvalue weighted by Crippen LogP contribution is 2.32. The van der Waals surface area contributed by atoms with E-state index in [4.69, 9.17) is 10.7 Å². The summed E-state index contributed by atoms with van der Waals surface area (Å²) < 4.78 is 0. The molecule has 1 aliphatic carbocycles. The first kappa shape index (κ1) is 31.3. The second-order valence-corrected chi connectivity index (χ2v) is 11.5. The third kappa shape index (κ3) is 7.01. The Morgan fingerprint density at radius 2 is 1.96 bits per heavy atom. The summed E-state index contributed by atoms with van der Waals surface area (Å²) in [6, 6.07) is 8.65. The van der Waals surface area contributed by atoms with Gasteiger partial charge in [-0.2, -0.15) is 4.98 Å². The normalized spacial score (nSPS) is 23.7. The highest BCUT2D eigenvalue weighted by molar-refractivity contribution is 6.10. The number of nitrogen functional groups attached to an aromatic ring is 1. The number of urea groups is 1. The van der Waals surface area contributed by atoms with Crippen molar-refractivity contribution in [2.45, 2.75) is 58.7 Å². The lowest BCUT2D eigenvalue weighted by Crippen LogP contribution is -2.46. The molecule has 3 aliphatic rings. The van der Waals surface area contributed by atoms with Gasteiger partial charge in [0.15, 0.2) is 5.78 Å². The number of nitrogens with two attached hydrogens (primary N) is 1. The van der Waals surface area contributed by atoms with E-state index in [1.165, 1.54) is 4.90 Å². The Morgan fingerprint density at radius 3 is 2.71 bits per heavy atom. The predicted octanol–water partition coefficient (Wildman–Crippen LogP) is 5.06. The molecule has 0 saturated carbocycles. The van der Waals surface area contributed by atoms with E-state index in [0.29, 0.717) is 29.2 Å². The van der Waals surface area contributed by atoms with Crippen LogP contribution in [0, 0.1) is 5.92 Å². The molecule has 0 saturated heterocycles. The van der Waals surface area contributed by atoms with Crippen LogP contribution < -0.4 is 16.0 Å². The molecule has 2 aliphatic heterocycles. The monoisotopic (exact) mass is 605 g/mol. The Hall–Kier alpha value is -5.12. The smallest absolute Gasteiger partial charge is 0.330 e. The SMILES string of the molecule is CCC(C)[C@H]1N=C(c2ccccc2)/C=C/C=C(C(=O)NC2C=C(N3Cc4cnc(N)nc4N(C)C3=O)C(C)=CC2)\C=C\CC1=O. The number of allylic oxidation sites excluding steroid dienone is 5. The molecule has 3 amide bonds. The van der Waals surface area contributed by atoms with Gasteiger partial charge in [-0.3, -0.25) is 24.4 Å². The number of nitrogens with zero attached hydrogens (tertiary/aromatic N) is 5. The molecule has 3 N–H and O–H groups in total. The lowest BCUT2D eigenvalue weighted by atomic mass is 9.93. The summed E-state index contributed by atoms with van der Waals surface area (Å²) in [5.41, 5.74) is 10.2. The predicted molar refractivity (Wildman–Crippen MR) is 176 cm³/mol. The lowest BCUT2D eigenvalue weighted by molar-refractivity contribution is -0.120. The summed E-state index contributed by atoms with van der Waals surface area (Å²) in [5.74, 6) is 0.387. The molecular formula is C35H39N7O3. The Kier molecular flexibility index (Phi) is 9.51. The maximum atomic E-state index is 13.6.